The van der Waals surface area contributed by atoms with Crippen molar-refractivity contribution in [2.75, 3.05) is 25.0 Å². The molecule has 0 unspecified atom stereocenters. The van der Waals surface area contributed by atoms with Crippen molar-refractivity contribution < 1.29 is 14.3 Å². The molecule has 0 spiro atoms. The Kier molecular flexibility index (Phi) is 6.72. The van der Waals surface area contributed by atoms with Crippen molar-refractivity contribution >= 4 is 17.9 Å². The van der Waals surface area contributed by atoms with Crippen LogP contribution >= 0.6 is 0 Å². The van der Waals surface area contributed by atoms with Crippen LogP contribution in [0.25, 0.3) is 0 Å². The standard InChI is InChI=1S/C19H24N6O3/c1-2-28-19(27)25-11-7-14(8-12-25)23-17(26)16-6-10-21-18(24-16)22-13-15-5-3-4-9-20-15/h3-6,9-10,14H,2,7-8,11-13H2,1H3,(H,23,26)(H,21,22,24). The van der Waals surface area contributed by atoms with Crippen molar-refractivity contribution in [1.82, 2.24) is 25.2 Å². The highest BCUT2D eigenvalue weighted by Crippen LogP contribution is 2.12. The molecule has 28 heavy (non-hydrogen) atoms. The Morgan fingerprint density at radius 3 is 2.71 bits per heavy atom. The Morgan fingerprint density at radius 1 is 1.18 bits per heavy atom. The maximum Gasteiger partial charge on any atom is 0.409 e. The summed E-state index contributed by atoms with van der Waals surface area (Å²) in [5, 5.41) is 6.05. The number of likely N-dealkylation sites (tertiary alicyclic amines) is 1. The monoisotopic (exact) mass is 384 g/mol. The number of nitrogens with one attached hydrogen (secondary N) is 2. The molecule has 2 aromatic rings. The van der Waals surface area contributed by atoms with Crippen LogP contribution in [-0.4, -0.2) is 57.6 Å². The lowest BCUT2D eigenvalue weighted by Gasteiger charge is -2.31. The van der Waals surface area contributed by atoms with E-state index >= 15 is 0 Å². The second-order valence-electron chi connectivity index (χ2n) is 6.37. The highest BCUT2D eigenvalue weighted by Gasteiger charge is 2.25. The zero-order valence-corrected chi connectivity index (χ0v) is 15.8. The van der Waals surface area contributed by atoms with E-state index in [1.807, 2.05) is 18.2 Å². The summed E-state index contributed by atoms with van der Waals surface area (Å²) in [5.74, 6) is 0.119. The van der Waals surface area contributed by atoms with Gasteiger partial charge in [0.15, 0.2) is 0 Å². The van der Waals surface area contributed by atoms with Crippen molar-refractivity contribution in [3.05, 3.63) is 48.0 Å². The fraction of sp³-hybridized carbons (Fsp3) is 0.421. The molecule has 9 heteroatoms. The van der Waals surface area contributed by atoms with Crippen LogP contribution in [0.15, 0.2) is 36.7 Å². The number of rotatable bonds is 6. The van der Waals surface area contributed by atoms with Gasteiger partial charge in [-0.1, -0.05) is 6.07 Å². The van der Waals surface area contributed by atoms with Crippen molar-refractivity contribution in [2.45, 2.75) is 32.4 Å². The summed E-state index contributed by atoms with van der Waals surface area (Å²) in [6.07, 6.45) is 4.33. The minimum absolute atomic E-state index is 0.00179. The number of hydrogen-bond acceptors (Lipinski definition) is 7. The van der Waals surface area contributed by atoms with Crippen LogP contribution in [0.4, 0.5) is 10.7 Å². The molecule has 0 aliphatic carbocycles. The maximum atomic E-state index is 12.5. The molecular formula is C19H24N6O3. The SMILES string of the molecule is CCOC(=O)N1CCC(NC(=O)c2ccnc(NCc3ccccn3)n2)CC1. The van der Waals surface area contributed by atoms with E-state index in [1.54, 1.807) is 30.3 Å². The molecule has 2 aromatic heterocycles. The van der Waals surface area contributed by atoms with Crippen LogP contribution in [0.3, 0.4) is 0 Å². The summed E-state index contributed by atoms with van der Waals surface area (Å²) in [4.78, 5) is 38.6. The third-order valence-corrected chi connectivity index (χ3v) is 4.40. The van der Waals surface area contributed by atoms with Gasteiger partial charge in [-0.05, 0) is 38.0 Å². The highest BCUT2D eigenvalue weighted by molar-refractivity contribution is 5.92. The van der Waals surface area contributed by atoms with E-state index in [1.165, 1.54) is 0 Å². The second-order valence-corrected chi connectivity index (χ2v) is 6.37. The van der Waals surface area contributed by atoms with Gasteiger partial charge < -0.3 is 20.3 Å². The minimum Gasteiger partial charge on any atom is -0.450 e. The van der Waals surface area contributed by atoms with Crippen molar-refractivity contribution in [1.29, 1.82) is 0 Å². The number of carbonyl (C=O) groups is 2. The number of aromatic nitrogens is 3. The molecule has 1 fully saturated rings. The summed E-state index contributed by atoms with van der Waals surface area (Å²) >= 11 is 0. The fourth-order valence-corrected chi connectivity index (χ4v) is 2.92. The van der Waals surface area contributed by atoms with E-state index in [2.05, 4.69) is 25.6 Å². The molecule has 148 valence electrons. The van der Waals surface area contributed by atoms with Gasteiger partial charge in [0.1, 0.15) is 5.69 Å². The molecule has 0 saturated carbocycles. The van der Waals surface area contributed by atoms with Gasteiger partial charge in [-0.25, -0.2) is 14.8 Å². The third-order valence-electron chi connectivity index (χ3n) is 4.40. The average Bonchev–Trinajstić information content (AvgIpc) is 2.74. The van der Waals surface area contributed by atoms with Crippen molar-refractivity contribution in [3.8, 4) is 0 Å². The van der Waals surface area contributed by atoms with Crippen LogP contribution < -0.4 is 10.6 Å². The summed E-state index contributed by atoms with van der Waals surface area (Å²) in [5.41, 5.74) is 1.15. The zero-order valence-electron chi connectivity index (χ0n) is 15.8. The highest BCUT2D eigenvalue weighted by atomic mass is 16.6. The van der Waals surface area contributed by atoms with Crippen LogP contribution in [0.5, 0.6) is 0 Å². The predicted octanol–water partition coefficient (Wildman–Crippen LogP) is 1.83. The first kappa shape index (κ1) is 19.5. The Balaban J connectivity index is 1.50. The van der Waals surface area contributed by atoms with E-state index in [0.29, 0.717) is 50.7 Å². The number of nitrogens with zero attached hydrogens (tertiary/aromatic N) is 4. The largest absolute Gasteiger partial charge is 0.450 e. The molecule has 0 bridgehead atoms. The first-order valence-corrected chi connectivity index (χ1v) is 9.35. The van der Waals surface area contributed by atoms with E-state index in [0.717, 1.165) is 5.69 Å². The molecular weight excluding hydrogens is 360 g/mol. The zero-order chi connectivity index (χ0) is 19.8. The molecule has 1 aliphatic rings. The molecule has 0 aromatic carbocycles. The van der Waals surface area contributed by atoms with Crippen molar-refractivity contribution in [3.63, 3.8) is 0 Å². The summed E-state index contributed by atoms with van der Waals surface area (Å²) in [7, 11) is 0. The minimum atomic E-state index is -0.299. The molecule has 0 radical (unpaired) electrons. The van der Waals surface area contributed by atoms with Gasteiger partial charge in [0, 0.05) is 31.5 Å². The van der Waals surface area contributed by atoms with E-state index in [9.17, 15) is 9.59 Å². The molecule has 2 amide bonds. The predicted molar refractivity (Wildman–Crippen MR) is 103 cm³/mol. The van der Waals surface area contributed by atoms with Gasteiger partial charge in [0.05, 0.1) is 18.8 Å². The van der Waals surface area contributed by atoms with Gasteiger partial charge in [0.25, 0.3) is 5.91 Å². The summed E-state index contributed by atoms with van der Waals surface area (Å²) in [6, 6.07) is 7.23. The molecule has 3 heterocycles. The number of piperidine rings is 1. The van der Waals surface area contributed by atoms with Gasteiger partial charge in [0.2, 0.25) is 5.95 Å². The number of ether oxygens (including phenoxy) is 1. The van der Waals surface area contributed by atoms with Gasteiger partial charge in [-0.15, -0.1) is 0 Å². The lowest BCUT2D eigenvalue weighted by molar-refractivity contribution is 0.0856. The normalized spacial score (nSPS) is 14.4. The third kappa shape index (κ3) is 5.38. The fourth-order valence-electron chi connectivity index (χ4n) is 2.92. The Hall–Kier alpha value is -3.23. The number of pyridine rings is 1. The Morgan fingerprint density at radius 2 is 2.00 bits per heavy atom. The lowest BCUT2D eigenvalue weighted by Crippen LogP contribution is -2.46. The van der Waals surface area contributed by atoms with Crippen LogP contribution in [-0.2, 0) is 11.3 Å². The number of anilines is 1. The lowest BCUT2D eigenvalue weighted by atomic mass is 10.1. The van der Waals surface area contributed by atoms with Gasteiger partial charge in [-0.3, -0.25) is 9.78 Å². The molecule has 3 rings (SSSR count). The smallest absolute Gasteiger partial charge is 0.409 e. The first-order chi connectivity index (χ1) is 13.7. The molecule has 2 N–H and O–H groups in total. The topological polar surface area (TPSA) is 109 Å². The molecule has 0 atom stereocenters. The Bertz CT molecular complexity index is 793. The summed E-state index contributed by atoms with van der Waals surface area (Å²) < 4.78 is 5.01. The molecule has 1 saturated heterocycles. The Labute approximate surface area is 163 Å². The van der Waals surface area contributed by atoms with Crippen LogP contribution in [0, 0.1) is 0 Å². The van der Waals surface area contributed by atoms with Crippen molar-refractivity contribution in [2.24, 2.45) is 0 Å². The number of amides is 2. The maximum absolute atomic E-state index is 12.5. The first-order valence-electron chi connectivity index (χ1n) is 9.35. The van der Waals surface area contributed by atoms with E-state index in [4.69, 9.17) is 4.74 Å². The number of carbonyl (C=O) groups excluding carboxylic acids is 2. The quantitative estimate of drug-likeness (QED) is 0.782. The molecule has 1 aliphatic heterocycles. The van der Waals surface area contributed by atoms with Gasteiger partial charge >= 0.3 is 6.09 Å². The summed E-state index contributed by atoms with van der Waals surface area (Å²) in [6.45, 7) is 3.74. The van der Waals surface area contributed by atoms with Crippen LogP contribution in [0.1, 0.15) is 35.9 Å². The van der Waals surface area contributed by atoms with Gasteiger partial charge in [-0.2, -0.15) is 0 Å². The van der Waals surface area contributed by atoms with E-state index < -0.39 is 0 Å². The molecule has 9 nitrogen and oxygen atoms in total. The average molecular weight is 384 g/mol. The second kappa shape index (κ2) is 9.63. The van der Waals surface area contributed by atoms with Crippen LogP contribution in [0.2, 0.25) is 0 Å². The van der Waals surface area contributed by atoms with E-state index in [-0.39, 0.29) is 18.0 Å². The number of hydrogen-bond donors (Lipinski definition) is 2.